The number of hydrogen-bond donors (Lipinski definition) is 3. The Balaban J connectivity index is 1.99. The van der Waals surface area contributed by atoms with E-state index in [2.05, 4.69) is 5.32 Å². The number of amides is 1. The van der Waals surface area contributed by atoms with E-state index in [4.69, 9.17) is 5.73 Å². The number of aliphatic carboxylic acids is 1. The first-order valence-electron chi connectivity index (χ1n) is 8.43. The topological polar surface area (TPSA) is 179 Å². The summed E-state index contributed by atoms with van der Waals surface area (Å²) >= 11 is 0. The lowest BCUT2D eigenvalue weighted by molar-refractivity contribution is -0.385. The third-order valence-electron chi connectivity index (χ3n) is 4.14. The van der Waals surface area contributed by atoms with E-state index in [-0.39, 0.29) is 24.2 Å². The van der Waals surface area contributed by atoms with Gasteiger partial charge in [0.05, 0.1) is 15.9 Å². The van der Waals surface area contributed by atoms with Crippen molar-refractivity contribution in [2.75, 3.05) is 0 Å². The van der Waals surface area contributed by atoms with Crippen LogP contribution in [-0.2, 0) is 22.4 Å². The monoisotopic (exact) mass is 402 g/mol. The molecule has 0 radical (unpaired) electrons. The van der Waals surface area contributed by atoms with Crippen LogP contribution in [0.1, 0.15) is 11.1 Å². The van der Waals surface area contributed by atoms with Crippen LogP contribution in [-0.4, -0.2) is 38.9 Å². The highest BCUT2D eigenvalue weighted by atomic mass is 16.6. The molecular weight excluding hydrogens is 384 g/mol. The molecule has 2 atom stereocenters. The molecule has 0 saturated heterocycles. The number of non-ortho nitro benzene ring substituents is 2. The highest BCUT2D eigenvalue weighted by molar-refractivity contribution is 5.87. The Morgan fingerprint density at radius 2 is 1.31 bits per heavy atom. The van der Waals surface area contributed by atoms with Gasteiger partial charge in [0.15, 0.2) is 0 Å². The number of carboxylic acid groups (broad SMARTS) is 1. The molecule has 0 aliphatic heterocycles. The van der Waals surface area contributed by atoms with Crippen molar-refractivity contribution in [1.29, 1.82) is 0 Å². The number of rotatable bonds is 9. The lowest BCUT2D eigenvalue weighted by atomic mass is 10.0. The standard InChI is InChI=1S/C18H18N4O7/c19-15(9-11-1-5-13(6-2-11)21(26)27)17(23)20-16(18(24)25)10-12-3-7-14(8-4-12)22(28)29/h1-8,15-16H,9-10,19H2,(H,20,23)(H,24,25)/t15-,16-/m0/s1. The average Bonchev–Trinajstić information content (AvgIpc) is 2.68. The summed E-state index contributed by atoms with van der Waals surface area (Å²) in [5.74, 6) is -1.98. The molecule has 0 unspecified atom stereocenters. The van der Waals surface area contributed by atoms with Gasteiger partial charge in [0.1, 0.15) is 6.04 Å². The molecule has 2 rings (SSSR count). The minimum absolute atomic E-state index is 0.0632. The molecule has 11 heteroatoms. The van der Waals surface area contributed by atoms with Gasteiger partial charge in [0.2, 0.25) is 5.91 Å². The van der Waals surface area contributed by atoms with Crippen molar-refractivity contribution in [2.24, 2.45) is 5.73 Å². The van der Waals surface area contributed by atoms with Gasteiger partial charge in [-0.05, 0) is 17.5 Å². The molecule has 2 aromatic carbocycles. The fourth-order valence-electron chi connectivity index (χ4n) is 2.57. The smallest absolute Gasteiger partial charge is 0.326 e. The summed E-state index contributed by atoms with van der Waals surface area (Å²) in [5.41, 5.74) is 6.68. The van der Waals surface area contributed by atoms with Crippen molar-refractivity contribution < 1.29 is 24.5 Å². The van der Waals surface area contributed by atoms with Crippen LogP contribution in [0.5, 0.6) is 0 Å². The van der Waals surface area contributed by atoms with Crippen LogP contribution in [0, 0.1) is 20.2 Å². The molecule has 0 aromatic heterocycles. The maximum Gasteiger partial charge on any atom is 0.326 e. The molecular formula is C18H18N4O7. The number of nitro groups is 2. The molecule has 29 heavy (non-hydrogen) atoms. The van der Waals surface area contributed by atoms with Gasteiger partial charge >= 0.3 is 5.97 Å². The Hall–Kier alpha value is -3.86. The second-order valence-corrected chi connectivity index (χ2v) is 6.26. The van der Waals surface area contributed by atoms with Crippen molar-refractivity contribution in [3.05, 3.63) is 79.9 Å². The maximum absolute atomic E-state index is 12.3. The molecule has 0 aliphatic carbocycles. The van der Waals surface area contributed by atoms with Crippen LogP contribution in [0.3, 0.4) is 0 Å². The second-order valence-electron chi connectivity index (χ2n) is 6.26. The zero-order valence-electron chi connectivity index (χ0n) is 15.1. The summed E-state index contributed by atoms with van der Waals surface area (Å²) in [6.07, 6.45) is -0.0168. The lowest BCUT2D eigenvalue weighted by Crippen LogP contribution is -2.50. The van der Waals surface area contributed by atoms with Crippen LogP contribution in [0.2, 0.25) is 0 Å². The molecule has 11 nitrogen and oxygen atoms in total. The molecule has 0 bridgehead atoms. The van der Waals surface area contributed by atoms with Gasteiger partial charge in [0.25, 0.3) is 11.4 Å². The Morgan fingerprint density at radius 3 is 1.69 bits per heavy atom. The molecule has 2 aromatic rings. The largest absolute Gasteiger partial charge is 0.480 e. The summed E-state index contributed by atoms with van der Waals surface area (Å²) in [5, 5.41) is 33.0. The Morgan fingerprint density at radius 1 is 0.897 bits per heavy atom. The fraction of sp³-hybridized carbons (Fsp3) is 0.222. The summed E-state index contributed by atoms with van der Waals surface area (Å²) in [6, 6.07) is 8.50. The highest BCUT2D eigenvalue weighted by Gasteiger charge is 2.24. The Bertz CT molecular complexity index is 913. The van der Waals surface area contributed by atoms with E-state index in [0.29, 0.717) is 11.1 Å². The minimum Gasteiger partial charge on any atom is -0.480 e. The number of nitrogens with one attached hydrogen (secondary N) is 1. The molecule has 4 N–H and O–H groups in total. The first-order chi connectivity index (χ1) is 13.7. The molecule has 0 fully saturated rings. The highest BCUT2D eigenvalue weighted by Crippen LogP contribution is 2.14. The van der Waals surface area contributed by atoms with Gasteiger partial charge in [-0.15, -0.1) is 0 Å². The number of nitro benzene ring substituents is 2. The van der Waals surface area contributed by atoms with Crippen LogP contribution >= 0.6 is 0 Å². The zero-order valence-corrected chi connectivity index (χ0v) is 15.1. The fourth-order valence-corrected chi connectivity index (χ4v) is 2.57. The van der Waals surface area contributed by atoms with E-state index >= 15 is 0 Å². The zero-order chi connectivity index (χ0) is 21.6. The van der Waals surface area contributed by atoms with Gasteiger partial charge < -0.3 is 16.2 Å². The second kappa shape index (κ2) is 9.37. The van der Waals surface area contributed by atoms with Crippen LogP contribution in [0.4, 0.5) is 11.4 Å². The summed E-state index contributed by atoms with van der Waals surface area (Å²) in [4.78, 5) is 44.0. The SMILES string of the molecule is N[C@@H](Cc1ccc([N+](=O)[O-])cc1)C(=O)N[C@@H](Cc1ccc([N+](=O)[O-])cc1)C(=O)O. The van der Waals surface area contributed by atoms with Crippen LogP contribution in [0.25, 0.3) is 0 Å². The number of benzene rings is 2. The molecule has 0 heterocycles. The number of carbonyl (C=O) groups is 2. The summed E-state index contributed by atoms with van der Waals surface area (Å²) in [7, 11) is 0. The van der Waals surface area contributed by atoms with Crippen LogP contribution < -0.4 is 11.1 Å². The number of hydrogen-bond acceptors (Lipinski definition) is 7. The van der Waals surface area contributed by atoms with Gasteiger partial charge in [0, 0.05) is 30.7 Å². The third-order valence-corrected chi connectivity index (χ3v) is 4.14. The first kappa shape index (κ1) is 21.4. The van der Waals surface area contributed by atoms with Gasteiger partial charge in [-0.1, -0.05) is 24.3 Å². The minimum atomic E-state index is -1.28. The van der Waals surface area contributed by atoms with Crippen molar-refractivity contribution in [3.63, 3.8) is 0 Å². The van der Waals surface area contributed by atoms with Crippen molar-refractivity contribution >= 4 is 23.3 Å². The molecule has 152 valence electrons. The molecule has 0 saturated carbocycles. The molecule has 1 amide bonds. The van der Waals surface area contributed by atoms with Crippen LogP contribution in [0.15, 0.2) is 48.5 Å². The van der Waals surface area contributed by atoms with E-state index in [1.54, 1.807) is 0 Å². The first-order valence-corrected chi connectivity index (χ1v) is 8.43. The number of carbonyl (C=O) groups excluding carboxylic acids is 1. The summed E-state index contributed by atoms with van der Waals surface area (Å²) in [6.45, 7) is 0. The Labute approximate surface area is 164 Å². The molecule has 0 aliphatic rings. The number of carboxylic acids is 1. The summed E-state index contributed by atoms with van der Waals surface area (Å²) < 4.78 is 0. The lowest BCUT2D eigenvalue weighted by Gasteiger charge is -2.18. The van der Waals surface area contributed by atoms with Gasteiger partial charge in [-0.2, -0.15) is 0 Å². The average molecular weight is 402 g/mol. The van der Waals surface area contributed by atoms with E-state index in [1.807, 2.05) is 0 Å². The third kappa shape index (κ3) is 6.07. The van der Waals surface area contributed by atoms with Gasteiger partial charge in [-0.3, -0.25) is 25.0 Å². The van der Waals surface area contributed by atoms with Gasteiger partial charge in [-0.25, -0.2) is 4.79 Å². The van der Waals surface area contributed by atoms with E-state index in [9.17, 15) is 34.9 Å². The Kier molecular flexibility index (Phi) is 6.93. The van der Waals surface area contributed by atoms with E-state index < -0.39 is 33.8 Å². The maximum atomic E-state index is 12.3. The van der Waals surface area contributed by atoms with E-state index in [1.165, 1.54) is 48.5 Å². The number of nitrogens with two attached hydrogens (primary N) is 1. The normalized spacial score (nSPS) is 12.6. The predicted molar refractivity (Wildman–Crippen MR) is 101 cm³/mol. The quantitative estimate of drug-likeness (QED) is 0.413. The van der Waals surface area contributed by atoms with Crippen molar-refractivity contribution in [1.82, 2.24) is 5.32 Å². The van der Waals surface area contributed by atoms with Crippen molar-refractivity contribution in [3.8, 4) is 0 Å². The van der Waals surface area contributed by atoms with Crippen molar-refractivity contribution in [2.45, 2.75) is 24.9 Å². The van der Waals surface area contributed by atoms with E-state index in [0.717, 1.165) is 0 Å². The predicted octanol–water partition coefficient (Wildman–Crippen LogP) is 1.18. The molecule has 0 spiro atoms. The number of nitrogens with zero attached hydrogens (tertiary/aromatic N) is 2.